The van der Waals surface area contributed by atoms with Crippen molar-refractivity contribution in [2.24, 2.45) is 11.8 Å². The van der Waals surface area contributed by atoms with Crippen molar-refractivity contribution in [3.05, 3.63) is 0 Å². The van der Waals surface area contributed by atoms with Crippen LogP contribution in [0.5, 0.6) is 0 Å². The summed E-state index contributed by atoms with van der Waals surface area (Å²) >= 11 is 5.94. The molecule has 2 atom stereocenters. The zero-order valence-corrected chi connectivity index (χ0v) is 9.69. The maximum Gasteiger partial charge on any atom is 0.0310 e. The number of rotatable bonds is 6. The van der Waals surface area contributed by atoms with Crippen molar-refractivity contribution in [1.29, 1.82) is 0 Å². The van der Waals surface area contributed by atoms with Gasteiger partial charge in [0, 0.05) is 5.38 Å². The van der Waals surface area contributed by atoms with Gasteiger partial charge in [0.25, 0.3) is 0 Å². The van der Waals surface area contributed by atoms with Gasteiger partial charge in [-0.2, -0.15) is 0 Å². The number of halogens is 1. The molecular formula is C11H23Cl. The van der Waals surface area contributed by atoms with Crippen LogP contribution in [-0.2, 0) is 0 Å². The van der Waals surface area contributed by atoms with Crippen LogP contribution >= 0.6 is 11.6 Å². The van der Waals surface area contributed by atoms with E-state index in [2.05, 4.69) is 27.7 Å². The van der Waals surface area contributed by atoms with E-state index in [0.29, 0.717) is 5.38 Å². The highest BCUT2D eigenvalue weighted by Crippen LogP contribution is 2.23. The van der Waals surface area contributed by atoms with E-state index in [9.17, 15) is 0 Å². The molecule has 0 amide bonds. The van der Waals surface area contributed by atoms with Gasteiger partial charge in [0.2, 0.25) is 0 Å². The average Bonchev–Trinajstić information content (AvgIpc) is 1.98. The number of hydrogen-bond donors (Lipinski definition) is 0. The summed E-state index contributed by atoms with van der Waals surface area (Å²) in [5, 5.41) is 0.342. The molecule has 0 N–H and O–H groups in total. The Kier molecular flexibility index (Phi) is 6.93. The minimum absolute atomic E-state index is 0.342. The molecule has 1 heteroatoms. The molecule has 0 aliphatic rings. The predicted molar refractivity (Wildman–Crippen MR) is 57.8 cm³/mol. The molecule has 74 valence electrons. The van der Waals surface area contributed by atoms with Crippen molar-refractivity contribution in [1.82, 2.24) is 0 Å². The number of hydrogen-bond acceptors (Lipinski definition) is 0. The Morgan fingerprint density at radius 3 is 1.83 bits per heavy atom. The standard InChI is InChI=1S/C11H23Cl/c1-5-11(6-2)8-9(3)7-10(4)12/h9-11H,5-8H2,1-4H3. The summed E-state index contributed by atoms with van der Waals surface area (Å²) in [6.45, 7) is 8.97. The highest BCUT2D eigenvalue weighted by atomic mass is 35.5. The first-order valence-electron chi connectivity index (χ1n) is 5.24. The van der Waals surface area contributed by atoms with E-state index in [1.165, 1.54) is 19.3 Å². The fourth-order valence-corrected chi connectivity index (χ4v) is 2.15. The van der Waals surface area contributed by atoms with Crippen LogP contribution in [0.4, 0.5) is 0 Å². The lowest BCUT2D eigenvalue weighted by molar-refractivity contribution is 0.356. The molecule has 12 heavy (non-hydrogen) atoms. The fraction of sp³-hybridized carbons (Fsp3) is 1.00. The average molecular weight is 191 g/mol. The van der Waals surface area contributed by atoms with Gasteiger partial charge in [-0.3, -0.25) is 0 Å². The third kappa shape index (κ3) is 5.88. The molecule has 0 saturated heterocycles. The SMILES string of the molecule is CCC(CC)CC(C)CC(C)Cl. The molecule has 0 aliphatic carbocycles. The Hall–Kier alpha value is 0.290. The lowest BCUT2D eigenvalue weighted by atomic mass is 9.89. The molecule has 0 fully saturated rings. The van der Waals surface area contributed by atoms with E-state index < -0.39 is 0 Å². The van der Waals surface area contributed by atoms with Gasteiger partial charge in [-0.1, -0.05) is 33.6 Å². The normalized spacial score (nSPS) is 16.5. The zero-order valence-electron chi connectivity index (χ0n) is 8.94. The maximum atomic E-state index is 5.94. The van der Waals surface area contributed by atoms with Crippen molar-refractivity contribution in [2.75, 3.05) is 0 Å². The summed E-state index contributed by atoms with van der Waals surface area (Å²) in [5.74, 6) is 1.71. The molecule has 0 rings (SSSR count). The molecule has 0 radical (unpaired) electrons. The van der Waals surface area contributed by atoms with E-state index in [1.54, 1.807) is 0 Å². The summed E-state index contributed by atoms with van der Waals surface area (Å²) in [7, 11) is 0. The third-order valence-corrected chi connectivity index (χ3v) is 2.80. The Morgan fingerprint density at radius 1 is 1.00 bits per heavy atom. The molecule has 0 aromatic heterocycles. The molecule has 0 heterocycles. The lowest BCUT2D eigenvalue weighted by Gasteiger charge is -2.18. The van der Waals surface area contributed by atoms with Crippen LogP contribution in [0, 0.1) is 11.8 Å². The molecule has 2 unspecified atom stereocenters. The van der Waals surface area contributed by atoms with Crippen molar-refractivity contribution < 1.29 is 0 Å². The first-order chi connectivity index (χ1) is 5.60. The van der Waals surface area contributed by atoms with Gasteiger partial charge >= 0.3 is 0 Å². The second-order valence-corrected chi connectivity index (χ2v) is 4.78. The Labute approximate surface area is 82.7 Å². The monoisotopic (exact) mass is 190 g/mol. The summed E-state index contributed by atoms with van der Waals surface area (Å²) in [6.07, 6.45) is 5.15. The molecule has 0 aromatic carbocycles. The van der Waals surface area contributed by atoms with Crippen LogP contribution in [0.2, 0.25) is 0 Å². The topological polar surface area (TPSA) is 0 Å². The highest BCUT2D eigenvalue weighted by molar-refractivity contribution is 6.20. The minimum Gasteiger partial charge on any atom is -0.123 e. The summed E-state index contributed by atoms with van der Waals surface area (Å²) < 4.78 is 0. The maximum absolute atomic E-state index is 5.94. The Morgan fingerprint density at radius 2 is 1.50 bits per heavy atom. The highest BCUT2D eigenvalue weighted by Gasteiger charge is 2.11. The van der Waals surface area contributed by atoms with Gasteiger partial charge in [0.05, 0.1) is 0 Å². The first-order valence-corrected chi connectivity index (χ1v) is 5.67. The second-order valence-electron chi connectivity index (χ2n) is 4.04. The van der Waals surface area contributed by atoms with Gasteiger partial charge in [-0.05, 0) is 31.6 Å². The Balaban J connectivity index is 3.58. The molecule has 0 bridgehead atoms. The van der Waals surface area contributed by atoms with E-state index >= 15 is 0 Å². The summed E-state index contributed by atoms with van der Waals surface area (Å²) in [4.78, 5) is 0. The van der Waals surface area contributed by atoms with Crippen LogP contribution in [0.15, 0.2) is 0 Å². The van der Waals surface area contributed by atoms with Crippen molar-refractivity contribution in [2.45, 2.75) is 58.8 Å². The second kappa shape index (κ2) is 6.77. The predicted octanol–water partition coefficient (Wildman–Crippen LogP) is 4.47. The lowest BCUT2D eigenvalue weighted by Crippen LogP contribution is -2.08. The van der Waals surface area contributed by atoms with Crippen molar-refractivity contribution in [3.8, 4) is 0 Å². The first kappa shape index (κ1) is 12.3. The molecule has 0 aromatic rings. The molecule has 0 spiro atoms. The van der Waals surface area contributed by atoms with E-state index in [0.717, 1.165) is 18.3 Å². The largest absolute Gasteiger partial charge is 0.123 e. The smallest absolute Gasteiger partial charge is 0.0310 e. The van der Waals surface area contributed by atoms with Crippen LogP contribution in [-0.4, -0.2) is 5.38 Å². The van der Waals surface area contributed by atoms with Crippen LogP contribution in [0.1, 0.15) is 53.4 Å². The van der Waals surface area contributed by atoms with Gasteiger partial charge < -0.3 is 0 Å². The molecule has 0 aliphatic heterocycles. The number of alkyl halides is 1. The van der Waals surface area contributed by atoms with Crippen molar-refractivity contribution in [3.63, 3.8) is 0 Å². The molecule has 0 saturated carbocycles. The minimum atomic E-state index is 0.342. The van der Waals surface area contributed by atoms with Crippen LogP contribution in [0.25, 0.3) is 0 Å². The van der Waals surface area contributed by atoms with Gasteiger partial charge in [0.15, 0.2) is 0 Å². The van der Waals surface area contributed by atoms with Crippen molar-refractivity contribution >= 4 is 11.6 Å². The van der Waals surface area contributed by atoms with Crippen LogP contribution in [0.3, 0.4) is 0 Å². The van der Waals surface area contributed by atoms with E-state index in [-0.39, 0.29) is 0 Å². The zero-order chi connectivity index (χ0) is 9.56. The van der Waals surface area contributed by atoms with E-state index in [4.69, 9.17) is 11.6 Å². The Bertz CT molecular complexity index is 95.2. The molecular weight excluding hydrogens is 168 g/mol. The van der Waals surface area contributed by atoms with Gasteiger partial charge in [0.1, 0.15) is 0 Å². The van der Waals surface area contributed by atoms with E-state index in [1.807, 2.05) is 0 Å². The van der Waals surface area contributed by atoms with Gasteiger partial charge in [-0.25, -0.2) is 0 Å². The van der Waals surface area contributed by atoms with Crippen LogP contribution < -0.4 is 0 Å². The fourth-order valence-electron chi connectivity index (χ4n) is 1.84. The summed E-state index contributed by atoms with van der Waals surface area (Å²) in [6, 6.07) is 0. The van der Waals surface area contributed by atoms with Gasteiger partial charge in [-0.15, -0.1) is 11.6 Å². The third-order valence-electron chi connectivity index (χ3n) is 2.62. The summed E-state index contributed by atoms with van der Waals surface area (Å²) in [5.41, 5.74) is 0. The quantitative estimate of drug-likeness (QED) is 0.543. The molecule has 0 nitrogen and oxygen atoms in total.